The monoisotopic (exact) mass is 496 g/mol. The van der Waals surface area contributed by atoms with E-state index in [2.05, 4.69) is 91.4 Å². The molecule has 0 fully saturated rings. The van der Waals surface area contributed by atoms with Crippen molar-refractivity contribution in [3.05, 3.63) is 40.1 Å². The highest BCUT2D eigenvalue weighted by Crippen LogP contribution is 2.44. The zero-order valence-electron chi connectivity index (χ0n) is 10.5. The minimum absolute atomic E-state index is 1.14. The van der Waals surface area contributed by atoms with Crippen molar-refractivity contribution in [1.82, 2.24) is 0 Å². The van der Waals surface area contributed by atoms with Crippen LogP contribution in [0.2, 0.25) is 0 Å². The van der Waals surface area contributed by atoms with Gasteiger partial charge < -0.3 is 0 Å². The molecule has 0 unspecified atom stereocenters. The van der Waals surface area contributed by atoms with Crippen LogP contribution in [0.25, 0.3) is 10.8 Å². The minimum atomic E-state index is 1.14. The molecule has 0 bridgehead atoms. The molecular weight excluding hydrogens is 488 g/mol. The third-order valence-electron chi connectivity index (χ3n) is 3.45. The highest BCUT2D eigenvalue weighted by Gasteiger charge is 2.18. The zero-order chi connectivity index (χ0) is 13.8. The smallest absolute Gasteiger partial charge is 0.0355 e. The molecule has 0 saturated carbocycles. The predicted octanol–water partition coefficient (Wildman–Crippen LogP) is 7.12. The number of fused-ring (bicyclic) bond motifs is 1. The number of hydrogen-bond donors (Lipinski definition) is 0. The van der Waals surface area contributed by atoms with Crippen LogP contribution in [0.3, 0.4) is 0 Å². The van der Waals surface area contributed by atoms with E-state index in [0.29, 0.717) is 0 Å². The Morgan fingerprint density at radius 3 is 0.778 bits per heavy atom. The number of halogens is 4. The van der Waals surface area contributed by atoms with Gasteiger partial charge in [-0.05, 0) is 124 Å². The van der Waals surface area contributed by atoms with E-state index in [-0.39, 0.29) is 0 Å². The van der Waals surface area contributed by atoms with Crippen LogP contribution in [-0.2, 0) is 0 Å². The van der Waals surface area contributed by atoms with Gasteiger partial charge in [0.1, 0.15) is 0 Å². The molecule has 2 aromatic rings. The molecule has 2 aromatic carbocycles. The summed E-state index contributed by atoms with van der Waals surface area (Å²) in [7, 11) is 0. The molecule has 2 rings (SSSR count). The van der Waals surface area contributed by atoms with E-state index < -0.39 is 0 Å². The predicted molar refractivity (Wildman–Crippen MR) is 93.7 cm³/mol. The van der Waals surface area contributed by atoms with Crippen molar-refractivity contribution >= 4 is 74.5 Å². The topological polar surface area (TPSA) is 0 Å². The van der Waals surface area contributed by atoms with Crippen molar-refractivity contribution < 1.29 is 0 Å². The first-order chi connectivity index (χ1) is 8.29. The zero-order valence-corrected chi connectivity index (χ0v) is 16.9. The van der Waals surface area contributed by atoms with Crippen LogP contribution in [-0.4, -0.2) is 0 Å². The van der Waals surface area contributed by atoms with Crippen molar-refractivity contribution in [1.29, 1.82) is 0 Å². The van der Waals surface area contributed by atoms with Gasteiger partial charge in [0.2, 0.25) is 0 Å². The van der Waals surface area contributed by atoms with Crippen molar-refractivity contribution in [3.8, 4) is 0 Å². The number of hydrogen-bond acceptors (Lipinski definition) is 0. The Bertz CT molecular complexity index is 559. The number of rotatable bonds is 0. The molecule has 0 aromatic heterocycles. The summed E-state index contributed by atoms with van der Waals surface area (Å²) in [4.78, 5) is 0. The Labute approximate surface area is 141 Å². The van der Waals surface area contributed by atoms with Crippen LogP contribution in [0.15, 0.2) is 17.9 Å². The SMILES string of the molecule is Cc1c(Br)c(Br)c(C)c2c(C)c(Br)c(Br)c(C)c12. The maximum Gasteiger partial charge on any atom is 0.0355 e. The highest BCUT2D eigenvalue weighted by molar-refractivity contribution is 9.13. The fourth-order valence-electron chi connectivity index (χ4n) is 2.41. The summed E-state index contributed by atoms with van der Waals surface area (Å²) < 4.78 is 4.57. The third kappa shape index (κ3) is 2.04. The fourth-order valence-corrected chi connectivity index (χ4v) is 4.39. The van der Waals surface area contributed by atoms with Gasteiger partial charge in [0.15, 0.2) is 0 Å². The Hall–Kier alpha value is 0.620. The van der Waals surface area contributed by atoms with Gasteiger partial charge in [-0.15, -0.1) is 0 Å². The fraction of sp³-hybridized carbons (Fsp3) is 0.286. The molecule has 0 amide bonds. The summed E-state index contributed by atoms with van der Waals surface area (Å²) in [6.07, 6.45) is 0. The number of aryl methyl sites for hydroxylation is 4. The Morgan fingerprint density at radius 1 is 0.444 bits per heavy atom. The van der Waals surface area contributed by atoms with Gasteiger partial charge in [-0.1, -0.05) is 0 Å². The van der Waals surface area contributed by atoms with Gasteiger partial charge in [0.05, 0.1) is 0 Å². The van der Waals surface area contributed by atoms with Crippen molar-refractivity contribution in [2.45, 2.75) is 27.7 Å². The molecular formula is C14H12Br4. The van der Waals surface area contributed by atoms with Gasteiger partial charge in [-0.3, -0.25) is 0 Å². The summed E-state index contributed by atoms with van der Waals surface area (Å²) in [5.41, 5.74) is 5.10. The largest absolute Gasteiger partial charge is 0.0493 e. The first-order valence-corrected chi connectivity index (χ1v) is 8.68. The van der Waals surface area contributed by atoms with E-state index in [0.717, 1.165) is 17.9 Å². The maximum absolute atomic E-state index is 3.68. The standard InChI is InChI=1S/C14H12Br4/c1-5-9-6(2)13(17)14(18)8(4)10(9)7(3)12(16)11(5)15/h1-4H3. The summed E-state index contributed by atoms with van der Waals surface area (Å²) in [5, 5.41) is 2.66. The van der Waals surface area contributed by atoms with E-state index >= 15 is 0 Å². The molecule has 18 heavy (non-hydrogen) atoms. The molecule has 0 aliphatic heterocycles. The Balaban J connectivity index is 3.22. The van der Waals surface area contributed by atoms with Crippen LogP contribution >= 0.6 is 63.7 Å². The van der Waals surface area contributed by atoms with E-state index in [1.165, 1.54) is 33.0 Å². The number of benzene rings is 2. The molecule has 0 heterocycles. The van der Waals surface area contributed by atoms with Crippen LogP contribution in [0.5, 0.6) is 0 Å². The quantitative estimate of drug-likeness (QED) is 0.362. The molecule has 0 radical (unpaired) electrons. The first kappa shape index (κ1) is 15.0. The lowest BCUT2D eigenvalue weighted by Crippen LogP contribution is -1.96. The van der Waals surface area contributed by atoms with E-state index in [9.17, 15) is 0 Å². The van der Waals surface area contributed by atoms with Crippen LogP contribution in [0, 0.1) is 27.7 Å². The molecule has 96 valence electrons. The first-order valence-electron chi connectivity index (χ1n) is 5.51. The van der Waals surface area contributed by atoms with Crippen LogP contribution in [0.4, 0.5) is 0 Å². The normalized spacial score (nSPS) is 11.3. The van der Waals surface area contributed by atoms with Crippen LogP contribution in [0.1, 0.15) is 22.3 Å². The molecule has 4 heteroatoms. The molecule has 0 aliphatic carbocycles. The molecule has 0 N–H and O–H groups in total. The van der Waals surface area contributed by atoms with Crippen molar-refractivity contribution in [2.24, 2.45) is 0 Å². The average molecular weight is 500 g/mol. The average Bonchev–Trinajstić information content (AvgIpc) is 2.35. The van der Waals surface area contributed by atoms with E-state index in [1.54, 1.807) is 0 Å². The Kier molecular flexibility index (Phi) is 4.33. The Morgan fingerprint density at radius 2 is 0.611 bits per heavy atom. The summed E-state index contributed by atoms with van der Waals surface area (Å²) in [6.45, 7) is 8.62. The van der Waals surface area contributed by atoms with Gasteiger partial charge in [0, 0.05) is 17.9 Å². The molecule has 0 saturated heterocycles. The van der Waals surface area contributed by atoms with E-state index in [1.807, 2.05) is 0 Å². The van der Waals surface area contributed by atoms with E-state index in [4.69, 9.17) is 0 Å². The van der Waals surface area contributed by atoms with Gasteiger partial charge in [-0.2, -0.15) is 0 Å². The second-order valence-corrected chi connectivity index (χ2v) is 7.68. The lowest BCUT2D eigenvalue weighted by molar-refractivity contribution is 1.31. The lowest BCUT2D eigenvalue weighted by Gasteiger charge is -2.18. The van der Waals surface area contributed by atoms with Gasteiger partial charge >= 0.3 is 0 Å². The second kappa shape index (κ2) is 5.19. The van der Waals surface area contributed by atoms with Gasteiger partial charge in [0.25, 0.3) is 0 Å². The highest BCUT2D eigenvalue weighted by atomic mass is 79.9. The van der Waals surface area contributed by atoms with Crippen molar-refractivity contribution in [3.63, 3.8) is 0 Å². The molecule has 0 spiro atoms. The lowest BCUT2D eigenvalue weighted by atomic mass is 9.94. The van der Waals surface area contributed by atoms with Crippen LogP contribution < -0.4 is 0 Å². The summed E-state index contributed by atoms with van der Waals surface area (Å²) in [5.74, 6) is 0. The second-order valence-electron chi connectivity index (χ2n) is 4.51. The minimum Gasteiger partial charge on any atom is -0.0493 e. The summed E-state index contributed by atoms with van der Waals surface area (Å²) >= 11 is 14.7. The maximum atomic E-state index is 3.68. The van der Waals surface area contributed by atoms with Crippen molar-refractivity contribution in [2.75, 3.05) is 0 Å². The van der Waals surface area contributed by atoms with Gasteiger partial charge in [-0.25, -0.2) is 0 Å². The molecule has 0 aliphatic rings. The third-order valence-corrected chi connectivity index (χ3v) is 8.48. The summed E-state index contributed by atoms with van der Waals surface area (Å²) in [6, 6.07) is 0. The molecule has 0 nitrogen and oxygen atoms in total. The molecule has 0 atom stereocenters.